The van der Waals surface area contributed by atoms with Gasteiger partial charge in [0, 0.05) is 6.42 Å². The second kappa shape index (κ2) is 51.6. The molecule has 1 amide bonds. The summed E-state index contributed by atoms with van der Waals surface area (Å²) in [5.74, 6) is -0.205. The molecular weight excluding hydrogens is 899 g/mol. The molecule has 72 heavy (non-hydrogen) atoms. The van der Waals surface area contributed by atoms with Crippen molar-refractivity contribution in [2.24, 2.45) is 0 Å². The highest BCUT2D eigenvalue weighted by Crippen LogP contribution is 2.23. The molecule has 0 bridgehead atoms. The standard InChI is InChI=1S/C63H109NO8/c1-3-5-7-9-11-13-15-17-19-21-23-25-27-28-29-31-32-34-36-38-40-42-44-46-48-50-52-57(66)56(55-71-63-62(70)61(69)60(68)58(54-65)72-63)64-59(67)53-51-49-47-45-43-41-39-37-35-33-30-26-24-22-20-18-16-14-12-10-8-6-4-2/h6,8,12,14,18,20,24,26,33-36,42,44,50,52,56-58,60-63,65-66,68-70H,3-5,7,9-11,13,15-17,19,21-23,25,27-32,37-41,43,45-49,51,53-55H2,1-2H3,(H,64,67)/b8-6-,14-12-,20-18-,26-24-,35-33-,36-34+,44-42+,52-50+. The molecule has 1 fully saturated rings. The van der Waals surface area contributed by atoms with E-state index in [1.807, 2.05) is 6.08 Å². The highest BCUT2D eigenvalue weighted by molar-refractivity contribution is 5.76. The monoisotopic (exact) mass is 1010 g/mol. The fraction of sp³-hybridized carbons (Fsp3) is 0.730. The number of nitrogens with one attached hydrogen (secondary N) is 1. The number of aliphatic hydroxyl groups excluding tert-OH is 5. The Morgan fingerprint density at radius 1 is 0.486 bits per heavy atom. The number of aliphatic hydroxyl groups is 5. The molecule has 0 spiro atoms. The van der Waals surface area contributed by atoms with Crippen LogP contribution in [-0.4, -0.2) is 87.5 Å². The van der Waals surface area contributed by atoms with Crippen LogP contribution in [0.15, 0.2) is 97.2 Å². The van der Waals surface area contributed by atoms with Gasteiger partial charge in [0.2, 0.25) is 5.91 Å². The molecule has 1 rings (SSSR count). The Morgan fingerprint density at radius 2 is 0.875 bits per heavy atom. The first-order chi connectivity index (χ1) is 35.3. The largest absolute Gasteiger partial charge is 0.394 e. The Balaban J connectivity index is 2.28. The Labute approximate surface area is 441 Å². The van der Waals surface area contributed by atoms with Gasteiger partial charge in [-0.2, -0.15) is 0 Å². The van der Waals surface area contributed by atoms with E-state index in [1.54, 1.807) is 6.08 Å². The summed E-state index contributed by atoms with van der Waals surface area (Å²) in [6, 6.07) is -0.842. The number of amides is 1. The minimum atomic E-state index is -1.58. The van der Waals surface area contributed by atoms with Gasteiger partial charge in [0.15, 0.2) is 6.29 Å². The van der Waals surface area contributed by atoms with Crippen LogP contribution in [0.4, 0.5) is 0 Å². The van der Waals surface area contributed by atoms with Gasteiger partial charge in [-0.15, -0.1) is 0 Å². The molecule has 0 radical (unpaired) electrons. The van der Waals surface area contributed by atoms with Crippen LogP contribution in [0, 0.1) is 0 Å². The lowest BCUT2D eigenvalue weighted by Crippen LogP contribution is -2.60. The van der Waals surface area contributed by atoms with Crippen molar-refractivity contribution >= 4 is 5.91 Å². The summed E-state index contributed by atoms with van der Waals surface area (Å²) < 4.78 is 11.3. The SMILES string of the molecule is CC/C=C\C/C=C\C/C=C\C/C=C\C/C=C\CCCCCCCCCC(=O)NC(COC1OC(CO)C(O)C(O)C1O)C(O)/C=C/CC/C=C/CC/C=C/CCCCCCCCCCCCCCCCCC. The quantitative estimate of drug-likeness (QED) is 0.0261. The molecule has 6 N–H and O–H groups in total. The summed E-state index contributed by atoms with van der Waals surface area (Å²) in [5.41, 5.74) is 0. The van der Waals surface area contributed by atoms with Crippen LogP contribution in [0.1, 0.15) is 239 Å². The smallest absolute Gasteiger partial charge is 0.220 e. The summed E-state index contributed by atoms with van der Waals surface area (Å²) in [6.45, 7) is 3.64. The third kappa shape index (κ3) is 40.5. The topological polar surface area (TPSA) is 149 Å². The van der Waals surface area contributed by atoms with Gasteiger partial charge in [0.25, 0.3) is 0 Å². The van der Waals surface area contributed by atoms with Gasteiger partial charge in [-0.1, -0.05) is 239 Å². The Morgan fingerprint density at radius 3 is 1.33 bits per heavy atom. The van der Waals surface area contributed by atoms with Gasteiger partial charge < -0.3 is 40.3 Å². The number of hydrogen-bond acceptors (Lipinski definition) is 8. The minimum Gasteiger partial charge on any atom is -0.394 e. The predicted octanol–water partition coefficient (Wildman–Crippen LogP) is 14.8. The molecule has 1 aliphatic rings. The summed E-state index contributed by atoms with van der Waals surface area (Å²) in [6.07, 6.45) is 67.6. The number of rotatable bonds is 49. The lowest BCUT2D eigenvalue weighted by atomic mass is 9.99. The zero-order valence-electron chi connectivity index (χ0n) is 45.9. The van der Waals surface area contributed by atoms with E-state index in [9.17, 15) is 30.3 Å². The second-order valence-corrected chi connectivity index (χ2v) is 20.0. The Hall–Kier alpha value is -2.89. The van der Waals surface area contributed by atoms with Crippen molar-refractivity contribution in [3.8, 4) is 0 Å². The summed E-state index contributed by atoms with van der Waals surface area (Å²) in [5, 5.41) is 54.5. The molecular formula is C63H109NO8. The van der Waals surface area contributed by atoms with Crippen LogP contribution in [0.25, 0.3) is 0 Å². The maximum Gasteiger partial charge on any atom is 0.220 e. The molecule has 0 aliphatic carbocycles. The lowest BCUT2D eigenvalue weighted by Gasteiger charge is -2.40. The van der Waals surface area contributed by atoms with Crippen LogP contribution in [-0.2, 0) is 14.3 Å². The van der Waals surface area contributed by atoms with Crippen molar-refractivity contribution in [2.75, 3.05) is 13.2 Å². The van der Waals surface area contributed by atoms with E-state index in [-0.39, 0.29) is 12.5 Å². The van der Waals surface area contributed by atoms with Gasteiger partial charge >= 0.3 is 0 Å². The van der Waals surface area contributed by atoms with E-state index >= 15 is 0 Å². The van der Waals surface area contributed by atoms with Crippen LogP contribution in [0.5, 0.6) is 0 Å². The normalized spacial score (nSPS) is 19.9. The van der Waals surface area contributed by atoms with Crippen molar-refractivity contribution in [3.63, 3.8) is 0 Å². The van der Waals surface area contributed by atoms with Crippen molar-refractivity contribution in [3.05, 3.63) is 97.2 Å². The first-order valence-electron chi connectivity index (χ1n) is 29.5. The lowest BCUT2D eigenvalue weighted by molar-refractivity contribution is -0.302. The first kappa shape index (κ1) is 67.1. The third-order valence-corrected chi connectivity index (χ3v) is 13.4. The molecule has 1 saturated heterocycles. The van der Waals surface area contributed by atoms with Crippen molar-refractivity contribution in [2.45, 2.75) is 281 Å². The predicted molar refractivity (Wildman–Crippen MR) is 304 cm³/mol. The van der Waals surface area contributed by atoms with Crippen molar-refractivity contribution in [1.82, 2.24) is 5.32 Å². The number of hydrogen-bond donors (Lipinski definition) is 6. The molecule has 7 atom stereocenters. The highest BCUT2D eigenvalue weighted by Gasteiger charge is 2.44. The molecule has 7 unspecified atom stereocenters. The Bertz CT molecular complexity index is 1450. The maximum absolute atomic E-state index is 13.1. The summed E-state index contributed by atoms with van der Waals surface area (Å²) in [4.78, 5) is 13.1. The van der Waals surface area contributed by atoms with Gasteiger partial charge in [0.05, 0.1) is 25.4 Å². The summed E-state index contributed by atoms with van der Waals surface area (Å²) >= 11 is 0. The van der Waals surface area contributed by atoms with Crippen molar-refractivity contribution < 1.29 is 39.8 Å². The second-order valence-electron chi connectivity index (χ2n) is 20.0. The van der Waals surface area contributed by atoms with E-state index in [2.05, 4.69) is 104 Å². The van der Waals surface area contributed by atoms with E-state index in [0.717, 1.165) is 89.9 Å². The van der Waals surface area contributed by atoms with Crippen LogP contribution >= 0.6 is 0 Å². The zero-order chi connectivity index (χ0) is 52.2. The first-order valence-corrected chi connectivity index (χ1v) is 29.5. The molecule has 0 saturated carbocycles. The summed E-state index contributed by atoms with van der Waals surface area (Å²) in [7, 11) is 0. The van der Waals surface area contributed by atoms with Gasteiger partial charge in [0.1, 0.15) is 24.4 Å². The van der Waals surface area contributed by atoms with E-state index in [0.29, 0.717) is 6.42 Å². The average molecular weight is 1010 g/mol. The maximum atomic E-state index is 13.1. The highest BCUT2D eigenvalue weighted by atomic mass is 16.7. The molecule has 9 heteroatoms. The van der Waals surface area contributed by atoms with E-state index < -0.39 is 49.5 Å². The molecule has 0 aromatic carbocycles. The molecule has 0 aromatic heterocycles. The zero-order valence-corrected chi connectivity index (χ0v) is 45.9. The fourth-order valence-electron chi connectivity index (χ4n) is 8.74. The van der Waals surface area contributed by atoms with E-state index in [1.165, 1.54) is 128 Å². The fourth-order valence-corrected chi connectivity index (χ4v) is 8.74. The number of unbranched alkanes of at least 4 members (excludes halogenated alkanes) is 25. The van der Waals surface area contributed by atoms with E-state index in [4.69, 9.17) is 9.47 Å². The van der Waals surface area contributed by atoms with Crippen LogP contribution in [0.3, 0.4) is 0 Å². The van der Waals surface area contributed by atoms with Gasteiger partial charge in [-0.25, -0.2) is 0 Å². The number of carbonyl (C=O) groups is 1. The molecule has 1 heterocycles. The minimum absolute atomic E-state index is 0.205. The molecule has 9 nitrogen and oxygen atoms in total. The van der Waals surface area contributed by atoms with Crippen LogP contribution in [0.2, 0.25) is 0 Å². The molecule has 1 aliphatic heterocycles. The third-order valence-electron chi connectivity index (χ3n) is 13.4. The van der Waals surface area contributed by atoms with Crippen molar-refractivity contribution in [1.29, 1.82) is 0 Å². The Kier molecular flexibility index (Phi) is 48.1. The molecule has 414 valence electrons. The van der Waals surface area contributed by atoms with Gasteiger partial charge in [-0.3, -0.25) is 4.79 Å². The van der Waals surface area contributed by atoms with Crippen LogP contribution < -0.4 is 5.32 Å². The number of allylic oxidation sites excluding steroid dienone is 15. The number of carbonyl (C=O) groups excluding carboxylic acids is 1. The average Bonchev–Trinajstić information content (AvgIpc) is 3.38. The number of ether oxygens (including phenoxy) is 2. The van der Waals surface area contributed by atoms with Gasteiger partial charge in [-0.05, 0) is 89.9 Å². The molecule has 0 aromatic rings.